The zero-order valence-electron chi connectivity index (χ0n) is 9.61. The fourth-order valence-corrected chi connectivity index (χ4v) is 1.78. The van der Waals surface area contributed by atoms with Crippen molar-refractivity contribution in [2.45, 2.75) is 19.0 Å². The normalized spacial score (nSPS) is 14.2. The third kappa shape index (κ3) is 2.88. The minimum Gasteiger partial charge on any atom is -0.495 e. The van der Waals surface area contributed by atoms with E-state index in [1.807, 2.05) is 0 Å². The minimum atomic E-state index is -1.17. The summed E-state index contributed by atoms with van der Waals surface area (Å²) < 4.78 is 5.05. The van der Waals surface area contributed by atoms with Gasteiger partial charge in [-0.05, 0) is 30.2 Å². The first-order chi connectivity index (χ1) is 7.88. The molecule has 2 atom stereocenters. The van der Waals surface area contributed by atoms with Crippen LogP contribution in [0.3, 0.4) is 0 Å². The Hall–Kier alpha value is -1.30. The quantitative estimate of drug-likeness (QED) is 0.750. The molecule has 0 aliphatic rings. The molecule has 0 aromatic heterocycles. The third-order valence-corrected chi connectivity index (χ3v) is 2.87. The molecular weight excluding hydrogens is 244 g/mol. The van der Waals surface area contributed by atoms with E-state index in [9.17, 15) is 4.79 Å². The van der Waals surface area contributed by atoms with Gasteiger partial charge in [0.25, 0.3) is 0 Å². The lowest BCUT2D eigenvalue weighted by molar-refractivity contribution is -0.139. The SMILES string of the molecule is COc1cc(C)c(C(N)C(N)C(=O)O)cc1Cl. The van der Waals surface area contributed by atoms with Gasteiger partial charge in [0.05, 0.1) is 18.2 Å². The van der Waals surface area contributed by atoms with Gasteiger partial charge in [0, 0.05) is 0 Å². The summed E-state index contributed by atoms with van der Waals surface area (Å²) >= 11 is 5.96. The van der Waals surface area contributed by atoms with Crippen molar-refractivity contribution in [1.82, 2.24) is 0 Å². The zero-order valence-corrected chi connectivity index (χ0v) is 10.4. The van der Waals surface area contributed by atoms with Crippen LogP contribution in [0.15, 0.2) is 12.1 Å². The monoisotopic (exact) mass is 258 g/mol. The van der Waals surface area contributed by atoms with Crippen molar-refractivity contribution in [2.75, 3.05) is 7.11 Å². The predicted molar refractivity (Wildman–Crippen MR) is 65.3 cm³/mol. The van der Waals surface area contributed by atoms with Gasteiger partial charge >= 0.3 is 5.97 Å². The number of carboxylic acid groups (broad SMARTS) is 1. The fraction of sp³-hybridized carbons (Fsp3) is 0.364. The highest BCUT2D eigenvalue weighted by Crippen LogP contribution is 2.30. The standard InChI is InChI=1S/C11H15ClN2O3/c1-5-3-8(17-2)7(12)4-6(5)9(13)10(14)11(15)16/h3-4,9-10H,13-14H2,1-2H3,(H,15,16). The smallest absolute Gasteiger partial charge is 0.322 e. The van der Waals surface area contributed by atoms with Crippen LogP contribution in [0.2, 0.25) is 5.02 Å². The lowest BCUT2D eigenvalue weighted by atomic mass is 9.96. The molecule has 0 fully saturated rings. The molecule has 6 heteroatoms. The van der Waals surface area contributed by atoms with Crippen molar-refractivity contribution in [3.63, 3.8) is 0 Å². The summed E-state index contributed by atoms with van der Waals surface area (Å²) in [6, 6.07) is 1.31. The van der Waals surface area contributed by atoms with Crippen molar-refractivity contribution in [1.29, 1.82) is 0 Å². The van der Waals surface area contributed by atoms with Crippen LogP contribution in [-0.4, -0.2) is 24.2 Å². The van der Waals surface area contributed by atoms with Gasteiger partial charge in [0.1, 0.15) is 11.8 Å². The molecule has 1 aromatic rings. The van der Waals surface area contributed by atoms with E-state index in [2.05, 4.69) is 0 Å². The Morgan fingerprint density at radius 1 is 1.47 bits per heavy atom. The minimum absolute atomic E-state index is 0.376. The maximum absolute atomic E-state index is 10.8. The molecule has 0 bridgehead atoms. The van der Waals surface area contributed by atoms with Crippen molar-refractivity contribution >= 4 is 17.6 Å². The number of aryl methyl sites for hydroxylation is 1. The first kappa shape index (κ1) is 13.8. The molecule has 5 N–H and O–H groups in total. The van der Waals surface area contributed by atoms with Crippen LogP contribution >= 0.6 is 11.6 Å². The van der Waals surface area contributed by atoms with Crippen LogP contribution in [0.25, 0.3) is 0 Å². The Balaban J connectivity index is 3.14. The number of hydrogen-bond acceptors (Lipinski definition) is 4. The van der Waals surface area contributed by atoms with Gasteiger partial charge in [0.2, 0.25) is 0 Å². The van der Waals surface area contributed by atoms with Crippen molar-refractivity contribution < 1.29 is 14.6 Å². The molecule has 0 heterocycles. The number of hydrogen-bond donors (Lipinski definition) is 3. The number of carboxylic acids is 1. The van der Waals surface area contributed by atoms with Gasteiger partial charge < -0.3 is 21.3 Å². The topological polar surface area (TPSA) is 98.6 Å². The first-order valence-corrected chi connectivity index (χ1v) is 5.34. The average molecular weight is 259 g/mol. The van der Waals surface area contributed by atoms with Crippen LogP contribution in [0.5, 0.6) is 5.75 Å². The van der Waals surface area contributed by atoms with Gasteiger partial charge in [-0.25, -0.2) is 0 Å². The molecule has 0 aliphatic heterocycles. The first-order valence-electron chi connectivity index (χ1n) is 4.96. The van der Waals surface area contributed by atoms with Crippen LogP contribution in [-0.2, 0) is 4.79 Å². The van der Waals surface area contributed by atoms with E-state index in [1.54, 1.807) is 19.1 Å². The van der Waals surface area contributed by atoms with Crippen LogP contribution in [0, 0.1) is 6.92 Å². The van der Waals surface area contributed by atoms with E-state index in [1.165, 1.54) is 7.11 Å². The van der Waals surface area contributed by atoms with E-state index in [0.29, 0.717) is 16.3 Å². The number of halogens is 1. The van der Waals surface area contributed by atoms with Gasteiger partial charge in [-0.1, -0.05) is 11.6 Å². The van der Waals surface area contributed by atoms with Crippen molar-refractivity contribution in [3.05, 3.63) is 28.3 Å². The van der Waals surface area contributed by atoms with Gasteiger partial charge in [-0.2, -0.15) is 0 Å². The Kier molecular flexibility index (Phi) is 4.34. The second-order valence-electron chi connectivity index (χ2n) is 3.73. The highest BCUT2D eigenvalue weighted by molar-refractivity contribution is 6.32. The maximum atomic E-state index is 10.8. The maximum Gasteiger partial charge on any atom is 0.322 e. The lowest BCUT2D eigenvalue weighted by Crippen LogP contribution is -2.41. The molecule has 5 nitrogen and oxygen atoms in total. The summed E-state index contributed by atoms with van der Waals surface area (Å²) in [5.41, 5.74) is 12.7. The van der Waals surface area contributed by atoms with Gasteiger partial charge in [-0.15, -0.1) is 0 Å². The van der Waals surface area contributed by atoms with Crippen LogP contribution < -0.4 is 16.2 Å². The largest absolute Gasteiger partial charge is 0.495 e. The predicted octanol–water partition coefficient (Wildman–Crippen LogP) is 1.07. The highest BCUT2D eigenvalue weighted by Gasteiger charge is 2.24. The summed E-state index contributed by atoms with van der Waals surface area (Å²) in [6.45, 7) is 1.79. The molecule has 0 aliphatic carbocycles. The Labute approximate surface area is 104 Å². The summed E-state index contributed by atoms with van der Waals surface area (Å²) in [5.74, 6) is -0.632. The molecule has 94 valence electrons. The Morgan fingerprint density at radius 2 is 2.06 bits per heavy atom. The second kappa shape index (κ2) is 5.35. The molecule has 17 heavy (non-hydrogen) atoms. The molecule has 0 saturated heterocycles. The molecule has 0 spiro atoms. The van der Waals surface area contributed by atoms with E-state index < -0.39 is 18.1 Å². The number of rotatable bonds is 4. The Morgan fingerprint density at radius 3 is 2.53 bits per heavy atom. The summed E-state index contributed by atoms with van der Waals surface area (Å²) in [6.07, 6.45) is 0. The van der Waals surface area contributed by atoms with Gasteiger partial charge in [0.15, 0.2) is 0 Å². The summed E-state index contributed by atoms with van der Waals surface area (Å²) in [7, 11) is 1.50. The number of benzene rings is 1. The zero-order chi connectivity index (χ0) is 13.2. The number of ether oxygens (including phenoxy) is 1. The Bertz CT molecular complexity index is 437. The lowest BCUT2D eigenvalue weighted by Gasteiger charge is -2.19. The molecule has 1 aromatic carbocycles. The van der Waals surface area contributed by atoms with Crippen molar-refractivity contribution in [3.8, 4) is 5.75 Å². The molecule has 0 saturated carbocycles. The van der Waals surface area contributed by atoms with Gasteiger partial charge in [-0.3, -0.25) is 4.79 Å². The molecule has 0 radical (unpaired) electrons. The number of nitrogens with two attached hydrogens (primary N) is 2. The fourth-order valence-electron chi connectivity index (χ4n) is 1.53. The number of carbonyl (C=O) groups is 1. The molecular formula is C11H15ClN2O3. The van der Waals surface area contributed by atoms with E-state index >= 15 is 0 Å². The third-order valence-electron chi connectivity index (χ3n) is 2.57. The average Bonchev–Trinajstić information content (AvgIpc) is 2.29. The van der Waals surface area contributed by atoms with Crippen molar-refractivity contribution in [2.24, 2.45) is 11.5 Å². The second-order valence-corrected chi connectivity index (χ2v) is 4.14. The number of aliphatic carboxylic acids is 1. The van der Waals surface area contributed by atoms with E-state index in [0.717, 1.165) is 5.56 Å². The van der Waals surface area contributed by atoms with E-state index in [4.69, 9.17) is 32.9 Å². The summed E-state index contributed by atoms with van der Waals surface area (Å²) in [4.78, 5) is 10.8. The number of methoxy groups -OCH3 is 1. The highest BCUT2D eigenvalue weighted by atomic mass is 35.5. The molecule has 1 rings (SSSR count). The molecule has 2 unspecified atom stereocenters. The van der Waals surface area contributed by atoms with E-state index in [-0.39, 0.29) is 0 Å². The summed E-state index contributed by atoms with van der Waals surface area (Å²) in [5, 5.41) is 9.19. The molecule has 0 amide bonds. The van der Waals surface area contributed by atoms with Crippen LogP contribution in [0.1, 0.15) is 17.2 Å². The van der Waals surface area contributed by atoms with Crippen LogP contribution in [0.4, 0.5) is 0 Å².